The molecule has 0 bridgehead atoms. The summed E-state index contributed by atoms with van der Waals surface area (Å²) in [5, 5.41) is 6.61. The summed E-state index contributed by atoms with van der Waals surface area (Å²) >= 11 is 0. The molecule has 0 aliphatic rings. The minimum atomic E-state index is -3.21. The molecule has 2 heterocycles. The summed E-state index contributed by atoms with van der Waals surface area (Å²) in [4.78, 5) is 23.7. The number of hydrogen-bond donors (Lipinski definition) is 4. The minimum Gasteiger partial charge on any atom is -0.495 e. The van der Waals surface area contributed by atoms with Crippen LogP contribution < -0.4 is 21.1 Å². The van der Waals surface area contributed by atoms with Crippen LogP contribution in [-0.4, -0.2) is 42.6 Å². The van der Waals surface area contributed by atoms with Crippen molar-refractivity contribution in [2.24, 2.45) is 5.73 Å². The Bertz CT molecular complexity index is 1500. The van der Waals surface area contributed by atoms with E-state index in [1.54, 1.807) is 30.5 Å². The Kier molecular flexibility index (Phi) is 6.07. The molecule has 0 aliphatic carbocycles. The molecule has 5 N–H and O–H groups in total. The van der Waals surface area contributed by atoms with Crippen LogP contribution in [0.5, 0.6) is 5.75 Å². The van der Waals surface area contributed by atoms with Crippen molar-refractivity contribution in [1.29, 1.82) is 0 Å². The summed E-state index contributed by atoms with van der Waals surface area (Å²) in [5.41, 5.74) is 6.76. The van der Waals surface area contributed by atoms with Gasteiger partial charge in [0.1, 0.15) is 23.0 Å². The smallest absolute Gasteiger partial charge is 0.253 e. The van der Waals surface area contributed by atoms with Crippen molar-refractivity contribution in [2.75, 3.05) is 24.0 Å². The summed E-state index contributed by atoms with van der Waals surface area (Å²) in [6.45, 7) is 0. The third-order valence-electron chi connectivity index (χ3n) is 4.87. The van der Waals surface area contributed by atoms with E-state index >= 15 is 0 Å². The van der Waals surface area contributed by atoms with Crippen molar-refractivity contribution >= 4 is 49.9 Å². The second-order valence-electron chi connectivity index (χ2n) is 7.52. The number of hydrogen-bond acceptors (Lipinski definition) is 8. The fraction of sp³-hybridized carbons (Fsp3) is 0.136. The van der Waals surface area contributed by atoms with Gasteiger partial charge in [0.2, 0.25) is 5.95 Å². The van der Waals surface area contributed by atoms with E-state index < -0.39 is 21.6 Å². The van der Waals surface area contributed by atoms with E-state index in [0.717, 1.165) is 12.3 Å². The molecule has 34 heavy (non-hydrogen) atoms. The first-order valence-corrected chi connectivity index (χ1v) is 12.0. The van der Waals surface area contributed by atoms with Crippen LogP contribution in [-0.2, 0) is 15.6 Å². The summed E-state index contributed by atoms with van der Waals surface area (Å²) in [7, 11) is -1.75. The number of H-pyrrole nitrogens is 1. The van der Waals surface area contributed by atoms with Gasteiger partial charge < -0.3 is 26.1 Å². The average molecular weight is 485 g/mol. The number of methoxy groups -OCH3 is 1. The summed E-state index contributed by atoms with van der Waals surface area (Å²) in [6, 6.07) is 10.8. The highest BCUT2D eigenvalue weighted by Gasteiger charge is 2.17. The molecule has 0 fully saturated rings. The first kappa shape index (κ1) is 23.0. The fourth-order valence-corrected chi connectivity index (χ4v) is 4.24. The molecule has 0 atom stereocenters. The van der Waals surface area contributed by atoms with Gasteiger partial charge in [-0.1, -0.05) is 12.1 Å². The second-order valence-corrected chi connectivity index (χ2v) is 9.66. The van der Waals surface area contributed by atoms with Crippen molar-refractivity contribution in [3.05, 3.63) is 65.6 Å². The van der Waals surface area contributed by atoms with Gasteiger partial charge in [-0.3, -0.25) is 4.79 Å². The molecule has 0 saturated carbocycles. The summed E-state index contributed by atoms with van der Waals surface area (Å²) in [5.74, 6) is -0.935. The number of anilines is 4. The summed E-state index contributed by atoms with van der Waals surface area (Å²) < 4.78 is 42.8. The van der Waals surface area contributed by atoms with E-state index in [0.29, 0.717) is 33.9 Å². The number of carbonyl (C=O) groups is 1. The zero-order valence-corrected chi connectivity index (χ0v) is 19.0. The molecule has 12 heteroatoms. The molecular weight excluding hydrogens is 463 g/mol. The number of halogens is 1. The zero-order chi connectivity index (χ0) is 24.5. The molecule has 0 unspecified atom stereocenters. The van der Waals surface area contributed by atoms with Crippen LogP contribution >= 0.6 is 0 Å². The number of sulfone groups is 1. The molecule has 0 aliphatic heterocycles. The highest BCUT2D eigenvalue weighted by molar-refractivity contribution is 7.89. The third-order valence-corrected chi connectivity index (χ3v) is 5.73. The van der Waals surface area contributed by atoms with E-state index in [-0.39, 0.29) is 23.0 Å². The minimum absolute atomic E-state index is 0.127. The number of ether oxygens (including phenoxy) is 1. The van der Waals surface area contributed by atoms with Crippen LogP contribution in [0.3, 0.4) is 0 Å². The van der Waals surface area contributed by atoms with Gasteiger partial charge in [0.25, 0.3) is 5.91 Å². The number of aromatic amines is 1. The lowest BCUT2D eigenvalue weighted by molar-refractivity contribution is 0.0997. The number of primary amides is 1. The summed E-state index contributed by atoms with van der Waals surface area (Å²) in [6.07, 6.45) is 2.82. The Labute approximate surface area is 194 Å². The van der Waals surface area contributed by atoms with Crippen LogP contribution in [0, 0.1) is 5.82 Å². The largest absolute Gasteiger partial charge is 0.495 e. The SMILES string of the molecule is COc1cc(CS(C)(=O)=O)ccc1Nc1nc(Nc2cccc(F)c2C(N)=O)c2cc[nH]c2n1. The quantitative estimate of drug-likeness (QED) is 0.297. The number of fused-ring (bicyclic) bond motifs is 1. The van der Waals surface area contributed by atoms with Gasteiger partial charge in [-0.05, 0) is 35.9 Å². The number of aromatic nitrogens is 3. The lowest BCUT2D eigenvalue weighted by Crippen LogP contribution is -2.16. The van der Waals surface area contributed by atoms with Gasteiger partial charge in [-0.2, -0.15) is 9.97 Å². The average Bonchev–Trinajstić information content (AvgIpc) is 3.22. The Morgan fingerprint density at radius 1 is 1.15 bits per heavy atom. The first-order chi connectivity index (χ1) is 16.1. The monoisotopic (exact) mass is 484 g/mol. The van der Waals surface area contributed by atoms with Crippen molar-refractivity contribution in [2.45, 2.75) is 5.75 Å². The van der Waals surface area contributed by atoms with Gasteiger partial charge in [0, 0.05) is 12.5 Å². The standard InChI is InChI=1S/C22H21FN6O4S/c1-33-17-10-12(11-34(2,31)32)6-7-15(17)27-22-28-20-13(8-9-25-20)21(29-22)26-16-5-3-4-14(23)18(16)19(24)30/h3-10H,11H2,1-2H3,(H2,24,30)(H3,25,26,27,28,29). The van der Waals surface area contributed by atoms with E-state index in [1.165, 1.54) is 19.2 Å². The lowest BCUT2D eigenvalue weighted by Gasteiger charge is -2.14. The molecule has 2 aromatic carbocycles. The van der Waals surface area contributed by atoms with Crippen LogP contribution in [0.4, 0.5) is 27.5 Å². The molecule has 4 rings (SSSR count). The third kappa shape index (κ3) is 4.91. The van der Waals surface area contributed by atoms with Gasteiger partial charge in [0.15, 0.2) is 9.84 Å². The van der Waals surface area contributed by atoms with E-state index in [9.17, 15) is 17.6 Å². The number of nitrogens with two attached hydrogens (primary N) is 1. The van der Waals surface area contributed by atoms with Crippen LogP contribution in [0.2, 0.25) is 0 Å². The topological polar surface area (TPSA) is 152 Å². The predicted molar refractivity (Wildman–Crippen MR) is 127 cm³/mol. The first-order valence-electron chi connectivity index (χ1n) is 9.97. The maximum Gasteiger partial charge on any atom is 0.253 e. The number of rotatable bonds is 8. The number of amides is 1. The van der Waals surface area contributed by atoms with Crippen molar-refractivity contribution < 1.29 is 22.3 Å². The Morgan fingerprint density at radius 3 is 2.65 bits per heavy atom. The maximum atomic E-state index is 14.2. The molecule has 176 valence electrons. The van der Waals surface area contributed by atoms with Crippen LogP contribution in [0.1, 0.15) is 15.9 Å². The van der Waals surface area contributed by atoms with E-state index in [4.69, 9.17) is 10.5 Å². The fourth-order valence-electron chi connectivity index (χ4n) is 3.45. The van der Waals surface area contributed by atoms with Crippen LogP contribution in [0.25, 0.3) is 11.0 Å². The Morgan fingerprint density at radius 2 is 1.94 bits per heavy atom. The molecule has 0 saturated heterocycles. The van der Waals surface area contributed by atoms with Gasteiger partial charge in [-0.15, -0.1) is 0 Å². The Hall–Kier alpha value is -4.19. The van der Waals surface area contributed by atoms with Crippen molar-refractivity contribution in [3.8, 4) is 5.75 Å². The van der Waals surface area contributed by atoms with E-state index in [1.807, 2.05) is 0 Å². The number of nitrogens with zero attached hydrogens (tertiary/aromatic N) is 2. The van der Waals surface area contributed by atoms with Gasteiger partial charge >= 0.3 is 0 Å². The molecule has 2 aromatic heterocycles. The number of nitrogens with one attached hydrogen (secondary N) is 3. The Balaban J connectivity index is 1.72. The highest BCUT2D eigenvalue weighted by Crippen LogP contribution is 2.31. The number of benzene rings is 2. The lowest BCUT2D eigenvalue weighted by atomic mass is 10.1. The predicted octanol–water partition coefficient (Wildman–Crippen LogP) is 3.24. The van der Waals surface area contributed by atoms with Gasteiger partial charge in [0.05, 0.1) is 35.2 Å². The van der Waals surface area contributed by atoms with Crippen molar-refractivity contribution in [1.82, 2.24) is 15.0 Å². The zero-order valence-electron chi connectivity index (χ0n) is 18.2. The second kappa shape index (κ2) is 8.98. The van der Waals surface area contributed by atoms with Crippen molar-refractivity contribution in [3.63, 3.8) is 0 Å². The highest BCUT2D eigenvalue weighted by atomic mass is 32.2. The maximum absolute atomic E-state index is 14.2. The van der Waals surface area contributed by atoms with E-state index in [2.05, 4.69) is 25.6 Å². The molecule has 4 aromatic rings. The van der Waals surface area contributed by atoms with Crippen LogP contribution in [0.15, 0.2) is 48.7 Å². The normalized spacial score (nSPS) is 11.4. The molecular formula is C22H21FN6O4S. The number of carbonyl (C=O) groups excluding carboxylic acids is 1. The molecule has 10 nitrogen and oxygen atoms in total. The molecule has 1 amide bonds. The van der Waals surface area contributed by atoms with Gasteiger partial charge in [-0.25, -0.2) is 12.8 Å². The molecule has 0 spiro atoms. The molecule has 0 radical (unpaired) electrons.